The van der Waals surface area contributed by atoms with Crippen LogP contribution < -0.4 is 9.47 Å². The Hall–Kier alpha value is -2.70. The number of hydrogen-bond acceptors (Lipinski definition) is 5. The summed E-state index contributed by atoms with van der Waals surface area (Å²) in [5, 5.41) is 13.6. The van der Waals surface area contributed by atoms with Gasteiger partial charge in [-0.3, -0.25) is 4.90 Å². The van der Waals surface area contributed by atoms with Gasteiger partial charge in [-0.05, 0) is 52.1 Å². The minimum atomic E-state index is 0.0194. The summed E-state index contributed by atoms with van der Waals surface area (Å²) < 4.78 is 6.91. The smallest absolute Gasteiger partial charge is 0.251 e. The van der Waals surface area contributed by atoms with Gasteiger partial charge in [-0.25, -0.2) is 4.98 Å². The summed E-state index contributed by atoms with van der Waals surface area (Å²) in [6.45, 7) is 8.71. The van der Waals surface area contributed by atoms with Gasteiger partial charge in [0.2, 0.25) is 5.52 Å². The van der Waals surface area contributed by atoms with Crippen LogP contribution in [0.3, 0.4) is 0 Å². The molecule has 158 valence electrons. The number of fused-ring (bicyclic) bond motifs is 1. The topological polar surface area (TPSA) is 55.5 Å². The highest BCUT2D eigenvalue weighted by Crippen LogP contribution is 2.34. The van der Waals surface area contributed by atoms with Crippen molar-refractivity contribution in [1.82, 2.24) is 14.8 Å². The Labute approximate surface area is 178 Å². The van der Waals surface area contributed by atoms with Crippen LogP contribution in [0.25, 0.3) is 22.3 Å². The molecule has 4 rings (SSSR count). The molecule has 6 heteroatoms. The van der Waals surface area contributed by atoms with Crippen LogP contribution in [0.4, 0.5) is 0 Å². The molecule has 0 saturated carbocycles. The Morgan fingerprint density at radius 1 is 1.07 bits per heavy atom. The van der Waals surface area contributed by atoms with E-state index in [2.05, 4.69) is 23.8 Å². The lowest BCUT2D eigenvalue weighted by molar-refractivity contribution is -0.566. The number of ether oxygens (including phenoxy) is 1. The zero-order valence-corrected chi connectivity index (χ0v) is 18.0. The van der Waals surface area contributed by atoms with Crippen LogP contribution in [0, 0.1) is 5.21 Å². The molecule has 1 atom stereocenters. The third kappa shape index (κ3) is 3.98. The van der Waals surface area contributed by atoms with Crippen molar-refractivity contribution in [2.45, 2.75) is 26.3 Å². The molecule has 1 unspecified atom stereocenters. The van der Waals surface area contributed by atoms with E-state index < -0.39 is 0 Å². The average molecular weight is 407 g/mol. The van der Waals surface area contributed by atoms with E-state index in [-0.39, 0.29) is 6.04 Å². The lowest BCUT2D eigenvalue weighted by Crippen LogP contribution is -2.37. The van der Waals surface area contributed by atoms with Crippen LogP contribution in [0.5, 0.6) is 5.75 Å². The molecule has 2 aromatic carbocycles. The fourth-order valence-electron chi connectivity index (χ4n) is 4.25. The van der Waals surface area contributed by atoms with Gasteiger partial charge in [0.05, 0.1) is 18.2 Å². The second-order valence-corrected chi connectivity index (χ2v) is 7.93. The molecular formula is C24H30N4O2. The van der Waals surface area contributed by atoms with Gasteiger partial charge < -0.3 is 14.8 Å². The zero-order chi connectivity index (χ0) is 21.1. The fraction of sp³-hybridized carbons (Fsp3) is 0.417. The van der Waals surface area contributed by atoms with Gasteiger partial charge in [0.15, 0.2) is 0 Å². The van der Waals surface area contributed by atoms with Gasteiger partial charge in [0.25, 0.3) is 5.69 Å². The summed E-state index contributed by atoms with van der Waals surface area (Å²) in [5.74, 6) is 0.714. The van der Waals surface area contributed by atoms with Crippen LogP contribution in [0.2, 0.25) is 0 Å². The van der Waals surface area contributed by atoms with Crippen LogP contribution in [0.15, 0.2) is 48.5 Å². The summed E-state index contributed by atoms with van der Waals surface area (Å²) >= 11 is 0. The molecule has 0 radical (unpaired) electrons. The SMILES string of the molecule is CCOc1ccccc1-c1c(C(C)N2CCCN(C)CC2)nc2ccccc2[n+]1[O-]. The molecule has 1 fully saturated rings. The highest BCUT2D eigenvalue weighted by molar-refractivity contribution is 5.76. The molecule has 1 saturated heterocycles. The Morgan fingerprint density at radius 2 is 1.83 bits per heavy atom. The van der Waals surface area contributed by atoms with Crippen molar-refractivity contribution in [2.24, 2.45) is 0 Å². The first-order chi connectivity index (χ1) is 14.6. The quantitative estimate of drug-likeness (QED) is 0.478. The van der Waals surface area contributed by atoms with Gasteiger partial charge in [-0.15, -0.1) is 0 Å². The Morgan fingerprint density at radius 3 is 2.67 bits per heavy atom. The monoisotopic (exact) mass is 406 g/mol. The molecule has 30 heavy (non-hydrogen) atoms. The van der Waals surface area contributed by atoms with Crippen molar-refractivity contribution >= 4 is 11.0 Å². The lowest BCUT2D eigenvalue weighted by Gasteiger charge is -2.28. The molecule has 2 heterocycles. The third-order valence-electron chi connectivity index (χ3n) is 5.93. The number of para-hydroxylation sites is 3. The van der Waals surface area contributed by atoms with Crippen LogP contribution in [0.1, 0.15) is 32.0 Å². The van der Waals surface area contributed by atoms with Crippen LogP contribution in [-0.2, 0) is 0 Å². The van der Waals surface area contributed by atoms with Gasteiger partial charge in [0.1, 0.15) is 17.0 Å². The first-order valence-corrected chi connectivity index (χ1v) is 10.8. The molecule has 0 bridgehead atoms. The number of rotatable bonds is 5. The summed E-state index contributed by atoms with van der Waals surface area (Å²) in [5.41, 5.74) is 3.48. The number of hydrogen-bond donors (Lipinski definition) is 0. The largest absolute Gasteiger partial charge is 0.618 e. The molecule has 1 aliphatic rings. The highest BCUT2D eigenvalue weighted by atomic mass is 16.5. The number of aromatic nitrogens is 2. The van der Waals surface area contributed by atoms with Crippen LogP contribution >= 0.6 is 0 Å². The standard InChI is InChI=1S/C24H30N4O2/c1-4-30-22-13-8-5-10-19(22)24-23(18(2)27-15-9-14-26(3)16-17-27)25-20-11-6-7-12-21(20)28(24)29/h5-8,10-13,18H,4,9,14-17H2,1-3H3. The van der Waals surface area contributed by atoms with E-state index in [0.29, 0.717) is 23.6 Å². The van der Waals surface area contributed by atoms with Crippen molar-refractivity contribution in [3.63, 3.8) is 0 Å². The zero-order valence-electron chi connectivity index (χ0n) is 18.0. The minimum Gasteiger partial charge on any atom is -0.618 e. The van der Waals surface area contributed by atoms with Crippen molar-refractivity contribution in [3.05, 3.63) is 59.4 Å². The second kappa shape index (κ2) is 8.98. The molecule has 0 amide bonds. The van der Waals surface area contributed by atoms with E-state index in [9.17, 15) is 5.21 Å². The maximum absolute atomic E-state index is 13.6. The number of benzene rings is 2. The van der Waals surface area contributed by atoms with Gasteiger partial charge >= 0.3 is 0 Å². The van der Waals surface area contributed by atoms with Crippen molar-refractivity contribution in [3.8, 4) is 17.0 Å². The number of nitrogens with zero attached hydrogens (tertiary/aromatic N) is 4. The van der Waals surface area contributed by atoms with E-state index in [4.69, 9.17) is 9.72 Å². The first kappa shape index (κ1) is 20.6. The average Bonchev–Trinajstić information content (AvgIpc) is 2.98. The predicted octanol–water partition coefficient (Wildman–Crippen LogP) is 3.63. The van der Waals surface area contributed by atoms with E-state index in [0.717, 1.165) is 54.1 Å². The summed E-state index contributed by atoms with van der Waals surface area (Å²) in [4.78, 5) is 9.81. The fourth-order valence-corrected chi connectivity index (χ4v) is 4.25. The third-order valence-corrected chi connectivity index (χ3v) is 5.93. The van der Waals surface area contributed by atoms with Crippen molar-refractivity contribution in [2.75, 3.05) is 39.8 Å². The Balaban J connectivity index is 1.89. The maximum Gasteiger partial charge on any atom is 0.251 e. The molecule has 6 nitrogen and oxygen atoms in total. The van der Waals surface area contributed by atoms with Gasteiger partial charge in [0, 0.05) is 25.7 Å². The van der Waals surface area contributed by atoms with E-state index in [1.807, 2.05) is 55.5 Å². The summed E-state index contributed by atoms with van der Waals surface area (Å²) in [6, 6.07) is 15.3. The molecular weight excluding hydrogens is 376 g/mol. The van der Waals surface area contributed by atoms with E-state index >= 15 is 0 Å². The van der Waals surface area contributed by atoms with Gasteiger partial charge in [-0.1, -0.05) is 24.3 Å². The highest BCUT2D eigenvalue weighted by Gasteiger charge is 2.30. The van der Waals surface area contributed by atoms with E-state index in [1.54, 1.807) is 0 Å². The van der Waals surface area contributed by atoms with Crippen LogP contribution in [-0.4, -0.2) is 54.6 Å². The maximum atomic E-state index is 13.6. The molecule has 1 aliphatic heterocycles. The van der Waals surface area contributed by atoms with Crippen molar-refractivity contribution < 1.29 is 9.47 Å². The number of likely N-dealkylation sites (N-methyl/N-ethyl adjacent to an activating group) is 1. The summed E-state index contributed by atoms with van der Waals surface area (Å²) in [7, 11) is 2.16. The van der Waals surface area contributed by atoms with E-state index in [1.165, 1.54) is 0 Å². The predicted molar refractivity (Wildman–Crippen MR) is 119 cm³/mol. The molecule has 3 aromatic rings. The normalized spacial score (nSPS) is 17.0. The van der Waals surface area contributed by atoms with Crippen molar-refractivity contribution in [1.29, 1.82) is 0 Å². The Bertz CT molecular complexity index is 1020. The lowest BCUT2D eigenvalue weighted by atomic mass is 10.0. The molecule has 1 aromatic heterocycles. The summed E-state index contributed by atoms with van der Waals surface area (Å²) in [6.07, 6.45) is 1.11. The van der Waals surface area contributed by atoms with Gasteiger partial charge in [-0.2, -0.15) is 4.73 Å². The minimum absolute atomic E-state index is 0.0194. The molecule has 0 spiro atoms. The second-order valence-electron chi connectivity index (χ2n) is 7.93. The Kier molecular flexibility index (Phi) is 6.16. The molecule has 0 aliphatic carbocycles. The molecule has 0 N–H and O–H groups in total. The first-order valence-electron chi connectivity index (χ1n) is 10.8.